The molecule has 0 saturated carbocycles. The molecule has 0 radical (unpaired) electrons. The van der Waals surface area contributed by atoms with Gasteiger partial charge >= 0.3 is 0 Å². The van der Waals surface area contributed by atoms with Crippen molar-refractivity contribution in [1.82, 2.24) is 10.3 Å². The van der Waals surface area contributed by atoms with Gasteiger partial charge in [0.05, 0.1) is 5.52 Å². The molecule has 1 heterocycles. The van der Waals surface area contributed by atoms with Crippen molar-refractivity contribution in [2.45, 2.75) is 32.0 Å². The fourth-order valence-corrected chi connectivity index (χ4v) is 3.54. The zero-order chi connectivity index (χ0) is 18.9. The summed E-state index contributed by atoms with van der Waals surface area (Å²) < 4.78 is 0. The Hall–Kier alpha value is -1.36. The predicted octanol–water partition coefficient (Wildman–Crippen LogP) is 5.76. The number of hydrogen-bond acceptors (Lipinski definition) is 3. The summed E-state index contributed by atoms with van der Waals surface area (Å²) in [4.78, 5) is 4.39. The first-order valence-corrected chi connectivity index (χ1v) is 9.40. The fourth-order valence-electron chi connectivity index (χ4n) is 2.90. The van der Waals surface area contributed by atoms with Crippen LogP contribution >= 0.6 is 34.8 Å². The smallest absolute Gasteiger partial charge is 0.0720 e. The Morgan fingerprint density at radius 2 is 1.73 bits per heavy atom. The van der Waals surface area contributed by atoms with Crippen LogP contribution in [0.15, 0.2) is 48.7 Å². The number of halogens is 3. The molecule has 3 rings (SSSR count). The second-order valence-electron chi connectivity index (χ2n) is 6.85. The maximum Gasteiger partial charge on any atom is 0.0720 e. The summed E-state index contributed by atoms with van der Waals surface area (Å²) in [7, 11) is 0. The molecule has 3 aromatic rings. The Balaban J connectivity index is 1.85. The van der Waals surface area contributed by atoms with E-state index < -0.39 is 0 Å². The highest BCUT2D eigenvalue weighted by molar-refractivity contribution is 6.35. The number of aromatic nitrogens is 1. The average Bonchev–Trinajstić information content (AvgIpc) is 2.59. The second kappa shape index (κ2) is 7.71. The first-order valence-electron chi connectivity index (χ1n) is 8.26. The van der Waals surface area contributed by atoms with Crippen molar-refractivity contribution in [2.75, 3.05) is 0 Å². The molecular weight excluding hydrogens is 389 g/mol. The van der Waals surface area contributed by atoms with Gasteiger partial charge in [-0.1, -0.05) is 46.9 Å². The van der Waals surface area contributed by atoms with Crippen molar-refractivity contribution in [3.63, 3.8) is 0 Å². The Labute approximate surface area is 168 Å². The summed E-state index contributed by atoms with van der Waals surface area (Å²) in [6.45, 7) is 4.74. The van der Waals surface area contributed by atoms with Crippen LogP contribution in [0.1, 0.15) is 31.0 Å². The van der Waals surface area contributed by atoms with Gasteiger partial charge in [-0.2, -0.15) is 0 Å². The lowest BCUT2D eigenvalue weighted by atomic mass is 9.87. The van der Waals surface area contributed by atoms with Crippen molar-refractivity contribution < 1.29 is 0 Å². The van der Waals surface area contributed by atoms with Gasteiger partial charge in [0.25, 0.3) is 0 Å². The second-order valence-corrected chi connectivity index (χ2v) is 8.13. The Kier molecular flexibility index (Phi) is 5.75. The minimum atomic E-state index is -0.378. The largest absolute Gasteiger partial charge is 0.322 e. The summed E-state index contributed by atoms with van der Waals surface area (Å²) in [6.07, 6.45) is 1.76. The standard InChI is InChI=1S/C20H20Cl3N3/c1-20(2,26-11-12-3-4-13(21)9-17(12)23)19(24)16-7-8-25-18-10-14(22)5-6-15(16)18/h3-10,19,26H,11,24H2,1-2H3. The van der Waals surface area contributed by atoms with E-state index in [1.165, 1.54) is 0 Å². The van der Waals surface area contributed by atoms with Gasteiger partial charge in [-0.05, 0) is 55.3 Å². The SMILES string of the molecule is CC(C)(NCc1ccc(Cl)cc1Cl)C(N)c1ccnc2cc(Cl)ccc12. The molecule has 0 spiro atoms. The van der Waals surface area contributed by atoms with E-state index in [-0.39, 0.29) is 11.6 Å². The summed E-state index contributed by atoms with van der Waals surface area (Å²) in [6, 6.07) is 12.9. The molecule has 0 saturated heterocycles. The maximum absolute atomic E-state index is 6.63. The lowest BCUT2D eigenvalue weighted by molar-refractivity contribution is 0.322. The van der Waals surface area contributed by atoms with E-state index in [1.54, 1.807) is 12.3 Å². The summed E-state index contributed by atoms with van der Waals surface area (Å²) in [5.41, 5.74) is 9.08. The molecule has 0 fully saturated rings. The van der Waals surface area contributed by atoms with Crippen LogP contribution in [0.2, 0.25) is 15.1 Å². The molecular formula is C20H20Cl3N3. The number of fused-ring (bicyclic) bond motifs is 1. The van der Waals surface area contributed by atoms with Crippen LogP contribution in [0.4, 0.5) is 0 Å². The Morgan fingerprint density at radius 3 is 2.46 bits per heavy atom. The number of nitrogens with one attached hydrogen (secondary N) is 1. The fraction of sp³-hybridized carbons (Fsp3) is 0.250. The summed E-state index contributed by atoms with van der Waals surface area (Å²) in [5, 5.41) is 6.43. The molecule has 1 unspecified atom stereocenters. The number of nitrogens with two attached hydrogens (primary N) is 1. The Morgan fingerprint density at radius 1 is 1.04 bits per heavy atom. The van der Waals surface area contributed by atoms with Gasteiger partial charge in [0.2, 0.25) is 0 Å². The van der Waals surface area contributed by atoms with Crippen LogP contribution < -0.4 is 11.1 Å². The van der Waals surface area contributed by atoms with Gasteiger partial charge < -0.3 is 11.1 Å². The summed E-state index contributed by atoms with van der Waals surface area (Å²) in [5.74, 6) is 0. The van der Waals surface area contributed by atoms with E-state index in [4.69, 9.17) is 40.5 Å². The van der Waals surface area contributed by atoms with Crippen LogP contribution in [0.3, 0.4) is 0 Å². The number of benzene rings is 2. The quantitative estimate of drug-likeness (QED) is 0.564. The molecule has 0 aliphatic rings. The highest BCUT2D eigenvalue weighted by Gasteiger charge is 2.28. The van der Waals surface area contributed by atoms with Crippen LogP contribution in [-0.4, -0.2) is 10.5 Å². The minimum Gasteiger partial charge on any atom is -0.322 e. The molecule has 3 N–H and O–H groups in total. The molecule has 0 aliphatic heterocycles. The molecule has 26 heavy (non-hydrogen) atoms. The number of pyridine rings is 1. The molecule has 3 nitrogen and oxygen atoms in total. The number of hydrogen-bond donors (Lipinski definition) is 2. The zero-order valence-corrected chi connectivity index (χ0v) is 16.8. The van der Waals surface area contributed by atoms with E-state index in [0.29, 0.717) is 21.6 Å². The van der Waals surface area contributed by atoms with Crippen LogP contribution in [0, 0.1) is 0 Å². The third-order valence-electron chi connectivity index (χ3n) is 4.60. The maximum atomic E-state index is 6.63. The van der Waals surface area contributed by atoms with Crippen molar-refractivity contribution in [3.05, 3.63) is 74.9 Å². The van der Waals surface area contributed by atoms with Crippen molar-refractivity contribution in [3.8, 4) is 0 Å². The van der Waals surface area contributed by atoms with E-state index in [0.717, 1.165) is 22.0 Å². The normalized spacial score (nSPS) is 13.2. The van der Waals surface area contributed by atoms with Gasteiger partial charge in [0.15, 0.2) is 0 Å². The summed E-state index contributed by atoms with van der Waals surface area (Å²) >= 11 is 18.3. The highest BCUT2D eigenvalue weighted by Crippen LogP contribution is 2.30. The molecule has 0 aliphatic carbocycles. The lowest BCUT2D eigenvalue weighted by Gasteiger charge is -2.34. The first kappa shape index (κ1) is 19.4. The van der Waals surface area contributed by atoms with Gasteiger partial charge in [-0.25, -0.2) is 0 Å². The van der Waals surface area contributed by atoms with Crippen LogP contribution in [0.5, 0.6) is 0 Å². The highest BCUT2D eigenvalue weighted by atomic mass is 35.5. The van der Waals surface area contributed by atoms with Crippen molar-refractivity contribution in [1.29, 1.82) is 0 Å². The monoisotopic (exact) mass is 407 g/mol. The van der Waals surface area contributed by atoms with Crippen LogP contribution in [-0.2, 0) is 6.54 Å². The molecule has 1 atom stereocenters. The topological polar surface area (TPSA) is 50.9 Å². The molecule has 0 bridgehead atoms. The van der Waals surface area contributed by atoms with Crippen molar-refractivity contribution in [2.24, 2.45) is 5.73 Å². The van der Waals surface area contributed by atoms with Gasteiger partial charge in [0, 0.05) is 44.8 Å². The van der Waals surface area contributed by atoms with Gasteiger partial charge in [-0.3, -0.25) is 4.98 Å². The third kappa shape index (κ3) is 4.13. The molecule has 136 valence electrons. The number of nitrogens with zero attached hydrogens (tertiary/aromatic N) is 1. The lowest BCUT2D eigenvalue weighted by Crippen LogP contribution is -2.48. The van der Waals surface area contributed by atoms with E-state index in [9.17, 15) is 0 Å². The van der Waals surface area contributed by atoms with Gasteiger partial charge in [-0.15, -0.1) is 0 Å². The minimum absolute atomic E-state index is 0.250. The zero-order valence-electron chi connectivity index (χ0n) is 14.6. The van der Waals surface area contributed by atoms with E-state index in [2.05, 4.69) is 24.1 Å². The Bertz CT molecular complexity index is 941. The van der Waals surface area contributed by atoms with E-state index >= 15 is 0 Å². The first-order chi connectivity index (χ1) is 12.3. The molecule has 2 aromatic carbocycles. The molecule has 0 amide bonds. The predicted molar refractivity (Wildman–Crippen MR) is 111 cm³/mol. The number of rotatable bonds is 5. The van der Waals surface area contributed by atoms with Gasteiger partial charge in [0.1, 0.15) is 0 Å². The van der Waals surface area contributed by atoms with Crippen molar-refractivity contribution >= 4 is 45.7 Å². The average molecular weight is 409 g/mol. The van der Waals surface area contributed by atoms with E-state index in [1.807, 2.05) is 36.4 Å². The van der Waals surface area contributed by atoms with Crippen LogP contribution in [0.25, 0.3) is 10.9 Å². The molecule has 1 aromatic heterocycles. The third-order valence-corrected chi connectivity index (χ3v) is 5.42. The molecule has 6 heteroatoms.